The first-order valence-electron chi connectivity index (χ1n) is 2.07. The lowest BCUT2D eigenvalue weighted by Gasteiger charge is -2.22. The van der Waals surface area contributed by atoms with Crippen LogP contribution in [0.2, 0.25) is 0 Å². The second kappa shape index (κ2) is 1.38. The van der Waals surface area contributed by atoms with Crippen LogP contribution in [0.5, 0.6) is 0 Å². The van der Waals surface area contributed by atoms with Gasteiger partial charge in [-0.25, -0.2) is 4.39 Å². The van der Waals surface area contributed by atoms with Crippen LogP contribution in [-0.4, -0.2) is 11.5 Å². The third-order valence-corrected chi connectivity index (χ3v) is 1.38. The summed E-state index contributed by atoms with van der Waals surface area (Å²) in [6.45, 7) is 0. The largest absolute Gasteiger partial charge is 0.247 e. The lowest BCUT2D eigenvalue weighted by atomic mass is 9.97. The van der Waals surface area contributed by atoms with Gasteiger partial charge in [-0.05, 0) is 12.8 Å². The molecular weight excluding hydrogens is 102 g/mol. The van der Waals surface area contributed by atoms with E-state index in [1.165, 1.54) is 0 Å². The Morgan fingerprint density at radius 2 is 2.00 bits per heavy atom. The zero-order valence-electron chi connectivity index (χ0n) is 3.32. The third kappa shape index (κ3) is 0.648. The summed E-state index contributed by atoms with van der Waals surface area (Å²) < 4.78 is 11.7. The second-order valence-electron chi connectivity index (χ2n) is 1.67. The average molecular weight is 109 g/mol. The van der Waals surface area contributed by atoms with Crippen molar-refractivity contribution in [3.63, 3.8) is 0 Å². The predicted molar refractivity (Wildman–Crippen MR) is 23.8 cm³/mol. The zero-order chi connectivity index (χ0) is 4.57. The Bertz CT molecular complexity index is 43.5. The molecule has 1 rings (SSSR count). The fourth-order valence-electron chi connectivity index (χ4n) is 0.486. The van der Waals surface area contributed by atoms with Crippen molar-refractivity contribution in [1.82, 2.24) is 0 Å². The summed E-state index contributed by atoms with van der Waals surface area (Å²) in [7, 11) is 0. The molecule has 0 nitrogen and oxygen atoms in total. The van der Waals surface area contributed by atoms with Gasteiger partial charge in [0.25, 0.3) is 0 Å². The van der Waals surface area contributed by atoms with Crippen molar-refractivity contribution < 1.29 is 4.39 Å². The lowest BCUT2D eigenvalue weighted by Crippen LogP contribution is -2.24. The van der Waals surface area contributed by atoms with Crippen LogP contribution in [0, 0.1) is 0 Å². The van der Waals surface area contributed by atoms with Gasteiger partial charge in [0.2, 0.25) is 0 Å². The molecule has 0 aliphatic heterocycles. The second-order valence-corrected chi connectivity index (χ2v) is 2.28. The molecule has 0 aromatic carbocycles. The van der Waals surface area contributed by atoms with Crippen molar-refractivity contribution in [3.05, 3.63) is 0 Å². The van der Waals surface area contributed by atoms with Crippen LogP contribution in [0.25, 0.3) is 0 Å². The smallest absolute Gasteiger partial charge is 0.103 e. The quantitative estimate of drug-likeness (QED) is 0.415. The number of halogens is 2. The highest BCUT2D eigenvalue weighted by molar-refractivity contribution is 6.21. The molecule has 1 saturated carbocycles. The maximum absolute atomic E-state index is 11.7. The molecule has 0 saturated heterocycles. The number of hydrogen-bond acceptors (Lipinski definition) is 0. The molecule has 2 heteroatoms. The van der Waals surface area contributed by atoms with Gasteiger partial charge in [-0.1, -0.05) is 0 Å². The highest BCUT2D eigenvalue weighted by Crippen LogP contribution is 2.27. The van der Waals surface area contributed by atoms with Crippen LogP contribution < -0.4 is 0 Å². The van der Waals surface area contributed by atoms with Crippen LogP contribution in [0.4, 0.5) is 4.39 Å². The van der Waals surface area contributed by atoms with Crippen LogP contribution in [0.3, 0.4) is 0 Å². The minimum absolute atomic E-state index is 0.139. The van der Waals surface area contributed by atoms with E-state index < -0.39 is 6.17 Å². The number of rotatable bonds is 0. The van der Waals surface area contributed by atoms with Gasteiger partial charge in [0, 0.05) is 5.38 Å². The molecule has 0 amide bonds. The Labute approximate surface area is 41.3 Å². The molecule has 1 aliphatic rings. The summed E-state index contributed by atoms with van der Waals surface area (Å²) in [5.74, 6) is 0. The highest BCUT2D eigenvalue weighted by atomic mass is 35.5. The Morgan fingerprint density at radius 3 is 2.00 bits per heavy atom. The van der Waals surface area contributed by atoms with Gasteiger partial charge >= 0.3 is 0 Å². The first kappa shape index (κ1) is 4.38. The lowest BCUT2D eigenvalue weighted by molar-refractivity contribution is 0.216. The molecule has 36 valence electrons. The van der Waals surface area contributed by atoms with Crippen molar-refractivity contribution in [2.75, 3.05) is 0 Å². The minimum atomic E-state index is -0.590. The maximum atomic E-state index is 11.7. The van der Waals surface area contributed by atoms with E-state index in [0.29, 0.717) is 12.8 Å². The summed E-state index contributed by atoms with van der Waals surface area (Å²) in [6, 6.07) is 0. The first-order chi connectivity index (χ1) is 2.79. The number of alkyl halides is 2. The molecule has 6 heavy (non-hydrogen) atoms. The van der Waals surface area contributed by atoms with Gasteiger partial charge in [0.1, 0.15) is 6.17 Å². The standard InChI is InChI=1S/C4H6ClF/c5-3-1-4(6)2-3/h3-4H,1-2H2. The first-order valence-corrected chi connectivity index (χ1v) is 2.51. The topological polar surface area (TPSA) is 0 Å². The Hall–Kier alpha value is 0.220. The van der Waals surface area contributed by atoms with Crippen molar-refractivity contribution in [3.8, 4) is 0 Å². The summed E-state index contributed by atoms with van der Waals surface area (Å²) in [5, 5.41) is 0.139. The van der Waals surface area contributed by atoms with Crippen molar-refractivity contribution >= 4 is 11.6 Å². The van der Waals surface area contributed by atoms with E-state index in [9.17, 15) is 4.39 Å². The molecule has 0 bridgehead atoms. The molecule has 0 spiro atoms. The third-order valence-electron chi connectivity index (χ3n) is 1.02. The summed E-state index contributed by atoms with van der Waals surface area (Å²) in [4.78, 5) is 0. The minimum Gasteiger partial charge on any atom is -0.247 e. The van der Waals surface area contributed by atoms with Gasteiger partial charge in [-0.2, -0.15) is 0 Å². The van der Waals surface area contributed by atoms with Crippen molar-refractivity contribution in [2.24, 2.45) is 0 Å². The molecule has 0 aromatic heterocycles. The molecular formula is C4H6ClF. The fraction of sp³-hybridized carbons (Fsp3) is 1.00. The van der Waals surface area contributed by atoms with Crippen LogP contribution >= 0.6 is 11.6 Å². The van der Waals surface area contributed by atoms with E-state index >= 15 is 0 Å². The van der Waals surface area contributed by atoms with E-state index in [1.807, 2.05) is 0 Å². The van der Waals surface area contributed by atoms with E-state index in [1.54, 1.807) is 0 Å². The summed E-state index contributed by atoms with van der Waals surface area (Å²) in [6.07, 6.45) is 0.552. The van der Waals surface area contributed by atoms with Crippen LogP contribution in [0.1, 0.15) is 12.8 Å². The molecule has 0 aromatic rings. The molecule has 0 unspecified atom stereocenters. The fourth-order valence-corrected chi connectivity index (χ4v) is 0.873. The average Bonchev–Trinajstić information content (AvgIpc) is 1.33. The SMILES string of the molecule is FC1CC(Cl)C1. The Balaban J connectivity index is 2.11. The van der Waals surface area contributed by atoms with Crippen molar-refractivity contribution in [1.29, 1.82) is 0 Å². The summed E-state index contributed by atoms with van der Waals surface area (Å²) in [5.41, 5.74) is 0. The van der Waals surface area contributed by atoms with Gasteiger partial charge < -0.3 is 0 Å². The highest BCUT2D eigenvalue weighted by Gasteiger charge is 2.26. The number of hydrogen-bond donors (Lipinski definition) is 0. The summed E-state index contributed by atoms with van der Waals surface area (Å²) >= 11 is 5.40. The van der Waals surface area contributed by atoms with E-state index in [0.717, 1.165) is 0 Å². The molecule has 0 radical (unpaired) electrons. The van der Waals surface area contributed by atoms with Crippen molar-refractivity contribution in [2.45, 2.75) is 24.4 Å². The van der Waals surface area contributed by atoms with Gasteiger partial charge in [-0.3, -0.25) is 0 Å². The molecule has 1 aliphatic carbocycles. The molecule has 1 fully saturated rings. The Kier molecular flexibility index (Phi) is 1.00. The van der Waals surface area contributed by atoms with Crippen LogP contribution in [0.15, 0.2) is 0 Å². The van der Waals surface area contributed by atoms with E-state index in [4.69, 9.17) is 11.6 Å². The van der Waals surface area contributed by atoms with Gasteiger partial charge in [0.15, 0.2) is 0 Å². The van der Waals surface area contributed by atoms with Crippen LogP contribution in [-0.2, 0) is 0 Å². The predicted octanol–water partition coefficient (Wildman–Crippen LogP) is 1.73. The Morgan fingerprint density at radius 1 is 1.50 bits per heavy atom. The van der Waals surface area contributed by atoms with Gasteiger partial charge in [-0.15, -0.1) is 11.6 Å². The normalized spacial score (nSPS) is 45.0. The zero-order valence-corrected chi connectivity index (χ0v) is 4.08. The molecule has 0 N–H and O–H groups in total. The maximum Gasteiger partial charge on any atom is 0.103 e. The van der Waals surface area contributed by atoms with Gasteiger partial charge in [0.05, 0.1) is 0 Å². The monoisotopic (exact) mass is 108 g/mol. The van der Waals surface area contributed by atoms with E-state index in [2.05, 4.69) is 0 Å². The molecule has 0 heterocycles. The molecule has 0 atom stereocenters. The van der Waals surface area contributed by atoms with E-state index in [-0.39, 0.29) is 5.38 Å².